The highest BCUT2D eigenvalue weighted by molar-refractivity contribution is 5.88. The second kappa shape index (κ2) is 8.51. The van der Waals surface area contributed by atoms with E-state index in [0.717, 1.165) is 21.4 Å². The van der Waals surface area contributed by atoms with E-state index < -0.39 is 17.7 Å². The molecule has 1 aliphatic rings. The zero-order valence-corrected chi connectivity index (χ0v) is 18.3. The molecule has 0 atom stereocenters. The van der Waals surface area contributed by atoms with Crippen LogP contribution in [0.15, 0.2) is 60.7 Å². The minimum atomic E-state index is -0.780. The molecule has 34 heavy (non-hydrogen) atoms. The molecule has 0 saturated heterocycles. The van der Waals surface area contributed by atoms with Gasteiger partial charge in [-0.1, -0.05) is 6.07 Å². The molecule has 0 saturated carbocycles. The van der Waals surface area contributed by atoms with Crippen LogP contribution in [0, 0.1) is 11.6 Å². The van der Waals surface area contributed by atoms with Crippen molar-refractivity contribution in [3.8, 4) is 28.5 Å². The van der Waals surface area contributed by atoms with E-state index in [0.29, 0.717) is 35.1 Å². The van der Waals surface area contributed by atoms with Crippen molar-refractivity contribution in [2.75, 3.05) is 19.5 Å². The number of nitrogens with one attached hydrogen (secondary N) is 1. The van der Waals surface area contributed by atoms with Gasteiger partial charge in [0.05, 0.1) is 19.9 Å². The fraction of sp³-hybridized carbons (Fsp3) is 0.120. The van der Waals surface area contributed by atoms with Gasteiger partial charge in [0.1, 0.15) is 17.4 Å². The molecule has 1 N–H and O–H groups in total. The molecule has 0 spiro atoms. The van der Waals surface area contributed by atoms with Gasteiger partial charge in [0, 0.05) is 23.2 Å². The van der Waals surface area contributed by atoms with Gasteiger partial charge in [0.15, 0.2) is 17.3 Å². The fourth-order valence-electron chi connectivity index (χ4n) is 3.95. The average Bonchev–Trinajstić information content (AvgIpc) is 3.37. The monoisotopic (exact) mass is 463 g/mol. The highest BCUT2D eigenvalue weighted by Crippen LogP contribution is 2.45. The summed E-state index contributed by atoms with van der Waals surface area (Å²) in [7, 11) is 3.07. The molecule has 172 valence electrons. The third kappa shape index (κ3) is 3.81. The molecule has 0 amide bonds. The Bertz CT molecular complexity index is 1400. The van der Waals surface area contributed by atoms with Crippen LogP contribution in [0.25, 0.3) is 11.3 Å². The number of ether oxygens (including phenoxy) is 3. The Kier molecular flexibility index (Phi) is 5.37. The molecule has 1 heterocycles. The first-order valence-electron chi connectivity index (χ1n) is 10.3. The first-order valence-corrected chi connectivity index (χ1v) is 10.3. The van der Waals surface area contributed by atoms with Crippen LogP contribution in [-0.4, -0.2) is 30.1 Å². The topological polar surface area (TPSA) is 74.6 Å². The number of rotatable bonds is 5. The van der Waals surface area contributed by atoms with Crippen molar-refractivity contribution in [3.63, 3.8) is 0 Å². The predicted octanol–water partition coefficient (Wildman–Crippen LogP) is 5.54. The summed E-state index contributed by atoms with van der Waals surface area (Å²) in [5, 5.41) is 7.52. The zero-order valence-electron chi connectivity index (χ0n) is 18.3. The highest BCUT2D eigenvalue weighted by atomic mass is 19.1. The molecule has 1 aliphatic carbocycles. The van der Waals surface area contributed by atoms with Crippen LogP contribution in [0.3, 0.4) is 0 Å². The number of carbonyl (C=O) groups excluding carboxylic acids is 1. The van der Waals surface area contributed by atoms with Crippen LogP contribution in [0.2, 0.25) is 0 Å². The first-order chi connectivity index (χ1) is 16.5. The second-order valence-electron chi connectivity index (χ2n) is 7.59. The Hall–Kier alpha value is -4.40. The lowest BCUT2D eigenvalue weighted by Crippen LogP contribution is -2.19. The van der Waals surface area contributed by atoms with Crippen LogP contribution in [0.1, 0.15) is 11.1 Å². The van der Waals surface area contributed by atoms with Gasteiger partial charge in [-0.3, -0.25) is 0 Å². The van der Waals surface area contributed by atoms with E-state index in [1.54, 1.807) is 25.3 Å². The Morgan fingerprint density at radius 1 is 0.971 bits per heavy atom. The molecular weight excluding hydrogens is 444 g/mol. The molecule has 4 aromatic rings. The lowest BCUT2D eigenvalue weighted by Gasteiger charge is -2.12. The molecule has 0 aliphatic heterocycles. The van der Waals surface area contributed by atoms with Gasteiger partial charge in [-0.15, -0.1) is 5.10 Å². The van der Waals surface area contributed by atoms with E-state index in [1.165, 1.54) is 43.5 Å². The van der Waals surface area contributed by atoms with Gasteiger partial charge < -0.3 is 19.5 Å². The number of benzene rings is 3. The summed E-state index contributed by atoms with van der Waals surface area (Å²) >= 11 is 0. The molecule has 5 rings (SSSR count). The molecule has 1 aromatic heterocycles. The largest absolute Gasteiger partial charge is 0.493 e. The van der Waals surface area contributed by atoms with Crippen molar-refractivity contribution in [1.82, 2.24) is 9.78 Å². The molecule has 9 heteroatoms. The van der Waals surface area contributed by atoms with Crippen molar-refractivity contribution < 1.29 is 27.8 Å². The van der Waals surface area contributed by atoms with E-state index in [-0.39, 0.29) is 5.75 Å². The normalized spacial score (nSPS) is 11.5. The maximum Gasteiger partial charge on any atom is 0.440 e. The summed E-state index contributed by atoms with van der Waals surface area (Å²) < 4.78 is 44.4. The highest BCUT2D eigenvalue weighted by Gasteiger charge is 2.32. The van der Waals surface area contributed by atoms with Gasteiger partial charge in [-0.2, -0.15) is 4.68 Å². The minimum absolute atomic E-state index is 0.167. The van der Waals surface area contributed by atoms with Crippen molar-refractivity contribution in [2.45, 2.75) is 6.42 Å². The molecule has 0 fully saturated rings. The van der Waals surface area contributed by atoms with Gasteiger partial charge in [0.25, 0.3) is 0 Å². The van der Waals surface area contributed by atoms with Gasteiger partial charge in [-0.05, 0) is 60.2 Å². The molecule has 0 unspecified atom stereocenters. The van der Waals surface area contributed by atoms with Crippen LogP contribution in [0.5, 0.6) is 17.2 Å². The first kappa shape index (κ1) is 21.4. The maximum atomic E-state index is 13.7. The fourth-order valence-corrected chi connectivity index (χ4v) is 3.95. The summed E-state index contributed by atoms with van der Waals surface area (Å²) in [6.45, 7) is 0. The number of anilines is 2. The van der Waals surface area contributed by atoms with Crippen molar-refractivity contribution in [2.24, 2.45) is 0 Å². The Balaban J connectivity index is 1.60. The maximum absolute atomic E-state index is 13.7. The van der Waals surface area contributed by atoms with Crippen molar-refractivity contribution in [1.29, 1.82) is 0 Å². The number of carbonyl (C=O) groups is 1. The van der Waals surface area contributed by atoms with Crippen molar-refractivity contribution in [3.05, 3.63) is 83.4 Å². The van der Waals surface area contributed by atoms with Crippen molar-refractivity contribution >= 4 is 17.6 Å². The quantitative estimate of drug-likeness (QED) is 0.369. The second-order valence-corrected chi connectivity index (χ2v) is 7.59. The number of hydrogen-bond donors (Lipinski definition) is 1. The van der Waals surface area contributed by atoms with E-state index in [1.807, 2.05) is 6.07 Å². The molecule has 0 radical (unpaired) electrons. The average molecular weight is 463 g/mol. The SMILES string of the molecule is COc1cc2c(cc1OC)-c1c(c(Nc3cccc(F)c3)nn1C(=O)Oc1ccc(F)cc1)C2. The van der Waals surface area contributed by atoms with E-state index in [4.69, 9.17) is 14.2 Å². The molecular formula is C25H19F2N3O4. The van der Waals surface area contributed by atoms with Crippen LogP contribution < -0.4 is 19.5 Å². The number of nitrogens with zero attached hydrogens (tertiary/aromatic N) is 2. The summed E-state index contributed by atoms with van der Waals surface area (Å²) in [4.78, 5) is 13.1. The van der Waals surface area contributed by atoms with Crippen LogP contribution in [0.4, 0.5) is 25.1 Å². The summed E-state index contributed by atoms with van der Waals surface area (Å²) in [5.74, 6) is 0.741. The Morgan fingerprint density at radius 2 is 1.71 bits per heavy atom. The Morgan fingerprint density at radius 3 is 2.41 bits per heavy atom. The van der Waals surface area contributed by atoms with Gasteiger partial charge in [-0.25, -0.2) is 13.6 Å². The van der Waals surface area contributed by atoms with E-state index in [2.05, 4.69) is 10.4 Å². The van der Waals surface area contributed by atoms with Crippen LogP contribution in [-0.2, 0) is 6.42 Å². The molecule has 7 nitrogen and oxygen atoms in total. The lowest BCUT2D eigenvalue weighted by atomic mass is 10.1. The summed E-state index contributed by atoms with van der Waals surface area (Å²) in [6.07, 6.45) is -0.329. The number of halogens is 2. The standard InChI is InChI=1S/C25H19F2N3O4/c1-32-21-11-14-10-20-23(19(14)13-22(21)33-2)30(25(31)34-18-8-6-15(26)7-9-18)29-24(20)28-17-5-3-4-16(27)12-17/h3-9,11-13H,10H2,1-2H3,(H,28,29). The Labute approximate surface area is 193 Å². The van der Waals surface area contributed by atoms with E-state index >= 15 is 0 Å². The third-order valence-corrected chi connectivity index (χ3v) is 5.49. The number of fused-ring (bicyclic) bond motifs is 3. The minimum Gasteiger partial charge on any atom is -0.493 e. The third-order valence-electron chi connectivity index (χ3n) is 5.49. The predicted molar refractivity (Wildman–Crippen MR) is 121 cm³/mol. The molecule has 0 bridgehead atoms. The lowest BCUT2D eigenvalue weighted by molar-refractivity contribution is 0.199. The number of aromatic nitrogens is 2. The smallest absolute Gasteiger partial charge is 0.440 e. The van der Waals surface area contributed by atoms with E-state index in [9.17, 15) is 13.6 Å². The van der Waals surface area contributed by atoms with Gasteiger partial charge in [0.2, 0.25) is 0 Å². The summed E-state index contributed by atoms with van der Waals surface area (Å²) in [5.41, 5.74) is 3.34. The van der Waals surface area contributed by atoms with Gasteiger partial charge >= 0.3 is 6.09 Å². The number of methoxy groups -OCH3 is 2. The zero-order chi connectivity index (χ0) is 23.8. The summed E-state index contributed by atoms with van der Waals surface area (Å²) in [6, 6.07) is 14.6. The number of hydrogen-bond acceptors (Lipinski definition) is 6. The van der Waals surface area contributed by atoms with Crippen LogP contribution >= 0.6 is 0 Å². The molecule has 3 aromatic carbocycles.